The summed E-state index contributed by atoms with van der Waals surface area (Å²) in [6.45, 7) is 16.6. The molecule has 1 aliphatic carbocycles. The largest absolute Gasteiger partial charge is 0.493 e. The van der Waals surface area contributed by atoms with E-state index in [1.54, 1.807) is 12.7 Å². The molecule has 0 bridgehead atoms. The predicted octanol–water partition coefficient (Wildman–Crippen LogP) is 10.4. The molecule has 6 nitrogen and oxygen atoms in total. The van der Waals surface area contributed by atoms with Crippen molar-refractivity contribution in [1.82, 2.24) is 4.90 Å². The van der Waals surface area contributed by atoms with E-state index < -0.39 is 0 Å². The maximum Gasteiger partial charge on any atom is 0.231 e. The summed E-state index contributed by atoms with van der Waals surface area (Å²) in [6, 6.07) is 24.1. The van der Waals surface area contributed by atoms with E-state index in [-0.39, 0.29) is 0 Å². The minimum Gasteiger partial charge on any atom is -0.493 e. The van der Waals surface area contributed by atoms with Crippen molar-refractivity contribution in [2.45, 2.75) is 105 Å². The Labute approximate surface area is 291 Å². The van der Waals surface area contributed by atoms with Crippen LogP contribution >= 0.6 is 0 Å². The smallest absolute Gasteiger partial charge is 0.231 e. The second-order valence-corrected chi connectivity index (χ2v) is 12.3. The number of allylic oxidation sites excluding steroid dienone is 1. The Morgan fingerprint density at radius 2 is 1.67 bits per heavy atom. The van der Waals surface area contributed by atoms with E-state index in [1.807, 2.05) is 52.0 Å². The monoisotopic (exact) mass is 656 g/mol. The van der Waals surface area contributed by atoms with Crippen molar-refractivity contribution in [3.8, 4) is 23.0 Å². The predicted molar refractivity (Wildman–Crippen MR) is 200 cm³/mol. The molecule has 2 atom stereocenters. The standard InChI is InChI=1S/C38H48N2O4.2C2H6/c1-4-6-20-40(33-14-9-11-28(5-2)22-33)34(29-12-10-13-29)26-39-25-31(30-17-18-37-38(24-30)44-27-43-37)23-32(39)19-21-42-36-16-8-7-15-35(36)41-3;2*1-2/h7-9,11,14-18,22,24,31-32H,4-6,10,12-13,19-21,23,25-27H2,1-3H3;2*1-2H3. The normalized spacial score (nSPS) is 17.8. The number of likely N-dealkylation sites (tertiary alicyclic amines) is 1. The molecular weight excluding hydrogens is 596 g/mol. The summed E-state index contributed by atoms with van der Waals surface area (Å²) < 4.78 is 23.2. The summed E-state index contributed by atoms with van der Waals surface area (Å²) in [5.74, 6) is 3.75. The van der Waals surface area contributed by atoms with Crippen molar-refractivity contribution >= 4 is 5.69 Å². The van der Waals surface area contributed by atoms with Gasteiger partial charge in [0.05, 0.1) is 13.7 Å². The van der Waals surface area contributed by atoms with Crippen LogP contribution < -0.4 is 23.8 Å². The third kappa shape index (κ3) is 9.28. The van der Waals surface area contributed by atoms with Crippen LogP contribution in [0.3, 0.4) is 0 Å². The zero-order chi connectivity index (χ0) is 34.3. The summed E-state index contributed by atoms with van der Waals surface area (Å²) in [6.07, 6.45) is 9.21. The topological polar surface area (TPSA) is 43.4 Å². The van der Waals surface area contributed by atoms with Crippen LogP contribution in [0.2, 0.25) is 0 Å². The highest BCUT2D eigenvalue weighted by atomic mass is 16.7. The van der Waals surface area contributed by atoms with Gasteiger partial charge in [-0.05, 0) is 104 Å². The van der Waals surface area contributed by atoms with E-state index in [1.165, 1.54) is 54.6 Å². The molecule has 2 fully saturated rings. The molecule has 48 heavy (non-hydrogen) atoms. The van der Waals surface area contributed by atoms with E-state index in [9.17, 15) is 0 Å². The zero-order valence-electron chi connectivity index (χ0n) is 30.7. The highest BCUT2D eigenvalue weighted by Crippen LogP contribution is 2.41. The van der Waals surface area contributed by atoms with Gasteiger partial charge in [0.25, 0.3) is 0 Å². The fraction of sp³-hybridized carbons (Fsp3) is 0.524. The molecule has 6 rings (SSSR count). The first-order chi connectivity index (χ1) is 23.7. The van der Waals surface area contributed by atoms with Gasteiger partial charge < -0.3 is 23.8 Å². The maximum absolute atomic E-state index is 6.31. The Balaban J connectivity index is 0.00000125. The molecule has 2 heterocycles. The highest BCUT2D eigenvalue weighted by molar-refractivity contribution is 5.55. The lowest BCUT2D eigenvalue weighted by atomic mass is 9.89. The summed E-state index contributed by atoms with van der Waals surface area (Å²) >= 11 is 0. The Morgan fingerprint density at radius 1 is 0.896 bits per heavy atom. The van der Waals surface area contributed by atoms with E-state index in [4.69, 9.17) is 18.9 Å². The lowest BCUT2D eigenvalue weighted by molar-refractivity contribution is 0.174. The molecule has 262 valence electrons. The SMILES string of the molecule is CC.CC.CCCCN(C(CN1CC(c2ccc3c(c2)OCO3)CC1CCOc1ccccc1OC)=C1CCC1)c1cccc(CC)c1. The molecule has 2 aliphatic heterocycles. The molecular formula is C42H60N2O4. The van der Waals surface area contributed by atoms with Crippen LogP contribution in [0.25, 0.3) is 0 Å². The van der Waals surface area contributed by atoms with Crippen LogP contribution in [0.5, 0.6) is 23.0 Å². The number of hydrogen-bond acceptors (Lipinski definition) is 6. The minimum atomic E-state index is 0.308. The van der Waals surface area contributed by atoms with E-state index in [0.717, 1.165) is 61.9 Å². The third-order valence-corrected chi connectivity index (χ3v) is 9.58. The first kappa shape index (κ1) is 37.2. The third-order valence-electron chi connectivity index (χ3n) is 9.58. The van der Waals surface area contributed by atoms with Crippen LogP contribution in [0.15, 0.2) is 78.0 Å². The molecule has 0 radical (unpaired) electrons. The molecule has 6 heteroatoms. The fourth-order valence-corrected chi connectivity index (χ4v) is 6.83. The van der Waals surface area contributed by atoms with Crippen LogP contribution in [-0.4, -0.2) is 51.1 Å². The quantitative estimate of drug-likeness (QED) is 0.172. The molecule has 1 saturated heterocycles. The van der Waals surface area contributed by atoms with Gasteiger partial charge in [-0.2, -0.15) is 0 Å². The lowest BCUT2D eigenvalue weighted by Gasteiger charge is -2.37. The number of benzene rings is 3. The Kier molecular flexibility index (Phi) is 15.0. The summed E-state index contributed by atoms with van der Waals surface area (Å²) in [5, 5.41) is 0. The van der Waals surface area contributed by atoms with Crippen molar-refractivity contribution in [2.75, 3.05) is 45.0 Å². The van der Waals surface area contributed by atoms with Crippen molar-refractivity contribution in [3.63, 3.8) is 0 Å². The van der Waals surface area contributed by atoms with Gasteiger partial charge in [0.1, 0.15) is 0 Å². The number of para-hydroxylation sites is 2. The molecule has 0 spiro atoms. The Morgan fingerprint density at radius 3 is 2.38 bits per heavy atom. The molecule has 3 aromatic rings. The van der Waals surface area contributed by atoms with Crippen LogP contribution in [-0.2, 0) is 6.42 Å². The number of methoxy groups -OCH3 is 1. The fourth-order valence-electron chi connectivity index (χ4n) is 6.83. The van der Waals surface area contributed by atoms with Crippen molar-refractivity contribution < 1.29 is 18.9 Å². The minimum absolute atomic E-state index is 0.308. The first-order valence-corrected chi connectivity index (χ1v) is 18.6. The van der Waals surface area contributed by atoms with E-state index in [2.05, 4.69) is 66.1 Å². The number of hydrogen-bond donors (Lipinski definition) is 0. The van der Waals surface area contributed by atoms with Crippen molar-refractivity contribution in [1.29, 1.82) is 0 Å². The molecule has 3 aromatic carbocycles. The van der Waals surface area contributed by atoms with Crippen LogP contribution in [0, 0.1) is 0 Å². The van der Waals surface area contributed by atoms with E-state index >= 15 is 0 Å². The first-order valence-electron chi connectivity index (χ1n) is 18.6. The van der Waals surface area contributed by atoms with Gasteiger partial charge in [-0.15, -0.1) is 0 Å². The van der Waals surface area contributed by atoms with Gasteiger partial charge in [-0.3, -0.25) is 4.90 Å². The van der Waals surface area contributed by atoms with Gasteiger partial charge in [-0.1, -0.05) is 78.3 Å². The van der Waals surface area contributed by atoms with Crippen molar-refractivity contribution in [2.24, 2.45) is 0 Å². The molecule has 0 amide bonds. The molecule has 3 aliphatic rings. The highest BCUT2D eigenvalue weighted by Gasteiger charge is 2.35. The summed E-state index contributed by atoms with van der Waals surface area (Å²) in [7, 11) is 1.70. The molecule has 2 unspecified atom stereocenters. The molecule has 0 aromatic heterocycles. The average Bonchev–Trinajstić information content (AvgIpc) is 3.76. The van der Waals surface area contributed by atoms with E-state index in [0.29, 0.717) is 25.4 Å². The number of ether oxygens (including phenoxy) is 4. The van der Waals surface area contributed by atoms with Crippen LogP contribution in [0.1, 0.15) is 104 Å². The average molecular weight is 657 g/mol. The van der Waals surface area contributed by atoms with Crippen LogP contribution in [0.4, 0.5) is 5.69 Å². The number of rotatable bonds is 14. The Hall–Kier alpha value is -3.64. The van der Waals surface area contributed by atoms with Gasteiger partial charge in [-0.25, -0.2) is 0 Å². The number of aryl methyl sites for hydroxylation is 1. The second kappa shape index (κ2) is 19.4. The summed E-state index contributed by atoms with van der Waals surface area (Å²) in [4.78, 5) is 5.40. The number of nitrogens with zero attached hydrogens (tertiary/aromatic N) is 2. The van der Waals surface area contributed by atoms with Gasteiger partial charge in [0.2, 0.25) is 6.79 Å². The van der Waals surface area contributed by atoms with Crippen molar-refractivity contribution in [3.05, 3.63) is 89.1 Å². The Bertz CT molecular complexity index is 1430. The number of fused-ring (bicyclic) bond motifs is 1. The summed E-state index contributed by atoms with van der Waals surface area (Å²) in [5.41, 5.74) is 7.24. The maximum atomic E-state index is 6.31. The molecule has 0 N–H and O–H groups in total. The molecule has 1 saturated carbocycles. The zero-order valence-corrected chi connectivity index (χ0v) is 30.7. The van der Waals surface area contributed by atoms with Gasteiger partial charge >= 0.3 is 0 Å². The number of anilines is 1. The second-order valence-electron chi connectivity index (χ2n) is 12.3. The lowest BCUT2D eigenvalue weighted by Crippen LogP contribution is -2.39. The van der Waals surface area contributed by atoms with Gasteiger partial charge in [0, 0.05) is 37.1 Å². The number of unbranched alkanes of at least 4 members (excludes halogenated alkanes) is 1. The van der Waals surface area contributed by atoms with Gasteiger partial charge in [0.15, 0.2) is 23.0 Å².